The maximum absolute atomic E-state index is 5.45. The Morgan fingerprint density at radius 3 is 2.88 bits per heavy atom. The lowest BCUT2D eigenvalue weighted by atomic mass is 10.4. The van der Waals surface area contributed by atoms with E-state index in [2.05, 4.69) is 27.5 Å². The Hall–Kier alpha value is -1.36. The van der Waals surface area contributed by atoms with E-state index >= 15 is 0 Å². The minimum Gasteiger partial charge on any atom is -0.380 e. The molecule has 1 heterocycles. The van der Waals surface area contributed by atoms with Gasteiger partial charge in [-0.25, -0.2) is 4.98 Å². The van der Waals surface area contributed by atoms with E-state index in [1.54, 1.807) is 6.20 Å². The van der Waals surface area contributed by atoms with Gasteiger partial charge in [0.15, 0.2) is 0 Å². The second-order valence-corrected chi connectivity index (χ2v) is 3.69. The van der Waals surface area contributed by atoms with Gasteiger partial charge in [-0.3, -0.25) is 0 Å². The molecule has 0 amide bonds. The molecule has 0 radical (unpaired) electrons. The molecule has 96 valence electrons. The summed E-state index contributed by atoms with van der Waals surface area (Å²) in [5, 5.41) is 6.28. The summed E-state index contributed by atoms with van der Waals surface area (Å²) in [6.07, 6.45) is 4.04. The highest BCUT2D eigenvalue weighted by Crippen LogP contribution is 2.04. The van der Waals surface area contributed by atoms with Crippen LogP contribution in [0.3, 0.4) is 0 Å². The Bertz CT molecular complexity index is 306. The summed E-state index contributed by atoms with van der Waals surface area (Å²) in [6.45, 7) is 7.32. The number of hydrogen-bond acceptors (Lipinski definition) is 5. The second kappa shape index (κ2) is 8.75. The van der Waals surface area contributed by atoms with Gasteiger partial charge in [0.1, 0.15) is 5.82 Å². The van der Waals surface area contributed by atoms with E-state index in [1.165, 1.54) is 6.42 Å². The smallest absolute Gasteiger partial charge is 0.224 e. The van der Waals surface area contributed by atoms with Gasteiger partial charge in [-0.15, -0.1) is 0 Å². The fraction of sp³-hybridized carbons (Fsp3) is 0.667. The number of nitrogens with one attached hydrogen (secondary N) is 2. The summed E-state index contributed by atoms with van der Waals surface area (Å²) < 4.78 is 5.45. The summed E-state index contributed by atoms with van der Waals surface area (Å²) in [5.41, 5.74) is 0. The molecule has 0 saturated heterocycles. The summed E-state index contributed by atoms with van der Waals surface area (Å²) >= 11 is 0. The van der Waals surface area contributed by atoms with Gasteiger partial charge in [0.05, 0.1) is 6.61 Å². The van der Waals surface area contributed by atoms with Gasteiger partial charge in [0, 0.05) is 25.9 Å². The predicted molar refractivity (Wildman–Crippen MR) is 70.4 cm³/mol. The van der Waals surface area contributed by atoms with Gasteiger partial charge >= 0.3 is 0 Å². The largest absolute Gasteiger partial charge is 0.380 e. The Morgan fingerprint density at radius 1 is 1.24 bits per heavy atom. The third-order valence-corrected chi connectivity index (χ3v) is 2.19. The molecule has 1 aromatic heterocycles. The van der Waals surface area contributed by atoms with Crippen LogP contribution < -0.4 is 10.6 Å². The molecule has 0 atom stereocenters. The molecule has 0 fully saturated rings. The molecule has 17 heavy (non-hydrogen) atoms. The van der Waals surface area contributed by atoms with E-state index in [0.717, 1.165) is 31.9 Å². The van der Waals surface area contributed by atoms with Crippen LogP contribution in [-0.2, 0) is 4.74 Å². The third kappa shape index (κ3) is 6.06. The first-order chi connectivity index (χ1) is 8.36. The second-order valence-electron chi connectivity index (χ2n) is 3.69. The van der Waals surface area contributed by atoms with Gasteiger partial charge < -0.3 is 15.4 Å². The van der Waals surface area contributed by atoms with Gasteiger partial charge in [-0.05, 0) is 19.4 Å². The first-order valence-corrected chi connectivity index (χ1v) is 6.25. The average molecular weight is 238 g/mol. The molecule has 0 aromatic carbocycles. The number of unbranched alkanes of at least 4 members (excludes halogenated alkanes) is 1. The molecule has 0 spiro atoms. The zero-order valence-electron chi connectivity index (χ0n) is 10.7. The van der Waals surface area contributed by atoms with Crippen LogP contribution in [0.25, 0.3) is 0 Å². The van der Waals surface area contributed by atoms with Gasteiger partial charge in [0.2, 0.25) is 5.95 Å². The topological polar surface area (TPSA) is 59.1 Å². The normalized spacial score (nSPS) is 10.2. The van der Waals surface area contributed by atoms with Crippen molar-refractivity contribution >= 4 is 11.8 Å². The SMILES string of the molecule is CCCCOCCNc1ccnc(NCC)n1. The van der Waals surface area contributed by atoms with E-state index in [-0.39, 0.29) is 0 Å². The van der Waals surface area contributed by atoms with Crippen molar-refractivity contribution in [1.82, 2.24) is 9.97 Å². The molecule has 0 aliphatic heterocycles. The molecule has 0 bridgehead atoms. The van der Waals surface area contributed by atoms with Crippen LogP contribution in [-0.4, -0.2) is 36.3 Å². The third-order valence-electron chi connectivity index (χ3n) is 2.19. The van der Waals surface area contributed by atoms with E-state index in [0.29, 0.717) is 12.6 Å². The van der Waals surface area contributed by atoms with Crippen molar-refractivity contribution in [2.24, 2.45) is 0 Å². The minimum absolute atomic E-state index is 0.657. The standard InChI is InChI=1S/C12H22N4O/c1-3-5-9-17-10-8-14-11-6-7-15-12(16-11)13-4-2/h6-7H,3-5,8-10H2,1-2H3,(H2,13,14,15,16). The van der Waals surface area contributed by atoms with E-state index < -0.39 is 0 Å². The zero-order chi connectivity index (χ0) is 12.3. The molecule has 0 saturated carbocycles. The zero-order valence-corrected chi connectivity index (χ0v) is 10.7. The Morgan fingerprint density at radius 2 is 2.12 bits per heavy atom. The number of ether oxygens (including phenoxy) is 1. The van der Waals surface area contributed by atoms with Crippen molar-refractivity contribution in [2.75, 3.05) is 36.9 Å². The van der Waals surface area contributed by atoms with Gasteiger partial charge in [-0.2, -0.15) is 4.98 Å². The van der Waals surface area contributed by atoms with Crippen molar-refractivity contribution < 1.29 is 4.74 Å². The van der Waals surface area contributed by atoms with Crippen molar-refractivity contribution in [1.29, 1.82) is 0 Å². The van der Waals surface area contributed by atoms with Crippen LogP contribution in [0.2, 0.25) is 0 Å². The van der Waals surface area contributed by atoms with Crippen LogP contribution in [0.1, 0.15) is 26.7 Å². The lowest BCUT2D eigenvalue weighted by molar-refractivity contribution is 0.141. The van der Waals surface area contributed by atoms with Crippen LogP contribution in [0, 0.1) is 0 Å². The van der Waals surface area contributed by atoms with Crippen LogP contribution >= 0.6 is 0 Å². The van der Waals surface area contributed by atoms with Gasteiger partial charge in [0.25, 0.3) is 0 Å². The van der Waals surface area contributed by atoms with Gasteiger partial charge in [-0.1, -0.05) is 13.3 Å². The quantitative estimate of drug-likeness (QED) is 0.645. The average Bonchev–Trinajstić information content (AvgIpc) is 2.35. The molecule has 5 nitrogen and oxygen atoms in total. The van der Waals surface area contributed by atoms with Crippen molar-refractivity contribution in [3.8, 4) is 0 Å². The lowest BCUT2D eigenvalue weighted by Crippen LogP contribution is -2.12. The summed E-state index contributed by atoms with van der Waals surface area (Å²) in [5.74, 6) is 1.49. The molecule has 2 N–H and O–H groups in total. The minimum atomic E-state index is 0.657. The fourth-order valence-electron chi connectivity index (χ4n) is 1.30. The maximum atomic E-state index is 5.45. The van der Waals surface area contributed by atoms with E-state index in [9.17, 15) is 0 Å². The van der Waals surface area contributed by atoms with Crippen LogP contribution in [0.5, 0.6) is 0 Å². The van der Waals surface area contributed by atoms with E-state index in [4.69, 9.17) is 4.74 Å². The molecule has 1 rings (SSSR count). The number of nitrogens with zero attached hydrogens (tertiary/aromatic N) is 2. The highest BCUT2D eigenvalue weighted by Gasteiger charge is 1.96. The van der Waals surface area contributed by atoms with Crippen LogP contribution in [0.15, 0.2) is 12.3 Å². The summed E-state index contributed by atoms with van der Waals surface area (Å²) in [4.78, 5) is 8.41. The van der Waals surface area contributed by atoms with E-state index in [1.807, 2.05) is 13.0 Å². The summed E-state index contributed by atoms with van der Waals surface area (Å²) in [7, 11) is 0. The molecule has 0 unspecified atom stereocenters. The Labute approximate surface area is 103 Å². The monoisotopic (exact) mass is 238 g/mol. The summed E-state index contributed by atoms with van der Waals surface area (Å²) in [6, 6.07) is 1.85. The Balaban J connectivity index is 2.19. The molecule has 1 aromatic rings. The number of hydrogen-bond donors (Lipinski definition) is 2. The number of anilines is 2. The highest BCUT2D eigenvalue weighted by atomic mass is 16.5. The molecule has 0 aliphatic carbocycles. The van der Waals surface area contributed by atoms with Crippen LogP contribution in [0.4, 0.5) is 11.8 Å². The van der Waals surface area contributed by atoms with Crippen molar-refractivity contribution in [3.05, 3.63) is 12.3 Å². The predicted octanol–water partition coefficient (Wildman–Crippen LogP) is 2.14. The highest BCUT2D eigenvalue weighted by molar-refractivity contribution is 5.39. The first-order valence-electron chi connectivity index (χ1n) is 6.25. The molecule has 0 aliphatic rings. The first kappa shape index (κ1) is 13.7. The lowest BCUT2D eigenvalue weighted by Gasteiger charge is -2.07. The van der Waals surface area contributed by atoms with Crippen molar-refractivity contribution in [3.63, 3.8) is 0 Å². The fourth-order valence-corrected chi connectivity index (χ4v) is 1.30. The van der Waals surface area contributed by atoms with Crippen molar-refractivity contribution in [2.45, 2.75) is 26.7 Å². The maximum Gasteiger partial charge on any atom is 0.224 e. The number of aromatic nitrogens is 2. The molecular weight excluding hydrogens is 216 g/mol. The molecule has 5 heteroatoms. The molecular formula is C12H22N4O. The Kier molecular flexibility index (Phi) is 7.06. The number of rotatable bonds is 9.